The predicted molar refractivity (Wildman–Crippen MR) is 60.2 cm³/mol. The van der Waals surface area contributed by atoms with Crippen LogP contribution < -0.4 is 5.32 Å². The summed E-state index contributed by atoms with van der Waals surface area (Å²) in [5.41, 5.74) is -0.539. The Bertz CT molecular complexity index is 257. The van der Waals surface area contributed by atoms with Crippen molar-refractivity contribution in [2.45, 2.75) is 52.7 Å². The number of carboxylic acids is 1. The number of hydrogen-bond donors (Lipinski definition) is 2. The van der Waals surface area contributed by atoms with Gasteiger partial charge in [-0.05, 0) is 34.1 Å². The van der Waals surface area contributed by atoms with Gasteiger partial charge in [-0.2, -0.15) is 0 Å². The van der Waals surface area contributed by atoms with E-state index in [1.165, 1.54) is 0 Å². The van der Waals surface area contributed by atoms with Crippen LogP contribution in [0.1, 0.15) is 41.0 Å². The van der Waals surface area contributed by atoms with E-state index < -0.39 is 23.6 Å². The largest absolute Gasteiger partial charge is 0.481 e. The second-order valence-electron chi connectivity index (χ2n) is 5.02. The van der Waals surface area contributed by atoms with Crippen molar-refractivity contribution in [2.75, 3.05) is 0 Å². The van der Waals surface area contributed by atoms with E-state index in [0.717, 1.165) is 0 Å². The molecule has 0 aliphatic heterocycles. The van der Waals surface area contributed by atoms with Gasteiger partial charge >= 0.3 is 12.1 Å². The highest BCUT2D eigenvalue weighted by Crippen LogP contribution is 2.09. The predicted octanol–water partition coefficient (Wildman–Crippen LogP) is 2.01. The SMILES string of the molecule is C[C@H](C[C@H](C)NC(=O)OC(C)(C)C)C(=O)O. The molecule has 0 saturated carbocycles. The van der Waals surface area contributed by atoms with Gasteiger partial charge in [0.15, 0.2) is 0 Å². The van der Waals surface area contributed by atoms with Crippen molar-refractivity contribution >= 4 is 12.1 Å². The minimum Gasteiger partial charge on any atom is -0.481 e. The fourth-order valence-electron chi connectivity index (χ4n) is 1.20. The first-order valence-corrected chi connectivity index (χ1v) is 5.34. The third kappa shape index (κ3) is 7.09. The lowest BCUT2D eigenvalue weighted by Crippen LogP contribution is -2.38. The molecule has 0 aromatic rings. The van der Waals surface area contributed by atoms with E-state index in [1.54, 1.807) is 34.6 Å². The van der Waals surface area contributed by atoms with Crippen LogP contribution in [0.4, 0.5) is 4.79 Å². The first-order chi connectivity index (χ1) is 7.11. The average Bonchev–Trinajstić information content (AvgIpc) is 1.98. The molecule has 5 heteroatoms. The van der Waals surface area contributed by atoms with Gasteiger partial charge < -0.3 is 15.2 Å². The van der Waals surface area contributed by atoms with Gasteiger partial charge in [-0.25, -0.2) is 4.79 Å². The van der Waals surface area contributed by atoms with Gasteiger partial charge in [0.2, 0.25) is 0 Å². The highest BCUT2D eigenvalue weighted by Gasteiger charge is 2.20. The Morgan fingerprint density at radius 2 is 1.81 bits per heavy atom. The number of alkyl carbamates (subject to hydrolysis) is 1. The molecule has 5 nitrogen and oxygen atoms in total. The molecular weight excluding hydrogens is 210 g/mol. The van der Waals surface area contributed by atoms with Crippen LogP contribution >= 0.6 is 0 Å². The Hall–Kier alpha value is -1.26. The second-order valence-corrected chi connectivity index (χ2v) is 5.02. The summed E-state index contributed by atoms with van der Waals surface area (Å²) in [6, 6.07) is -0.221. The summed E-state index contributed by atoms with van der Waals surface area (Å²) in [6.45, 7) is 8.68. The fourth-order valence-corrected chi connectivity index (χ4v) is 1.20. The number of amides is 1. The minimum absolute atomic E-state index is 0.221. The van der Waals surface area contributed by atoms with Crippen LogP contribution in [0.15, 0.2) is 0 Å². The number of carbonyl (C=O) groups is 2. The molecule has 0 aromatic carbocycles. The van der Waals surface area contributed by atoms with Crippen LogP contribution in [0.25, 0.3) is 0 Å². The van der Waals surface area contributed by atoms with Crippen molar-refractivity contribution in [3.8, 4) is 0 Å². The van der Waals surface area contributed by atoms with Crippen LogP contribution in [0, 0.1) is 5.92 Å². The zero-order valence-corrected chi connectivity index (χ0v) is 10.5. The zero-order valence-electron chi connectivity index (χ0n) is 10.5. The van der Waals surface area contributed by atoms with Crippen molar-refractivity contribution < 1.29 is 19.4 Å². The maximum atomic E-state index is 11.3. The lowest BCUT2D eigenvalue weighted by Gasteiger charge is -2.22. The monoisotopic (exact) mass is 231 g/mol. The van der Waals surface area contributed by atoms with Crippen LogP contribution in [-0.2, 0) is 9.53 Å². The molecule has 2 atom stereocenters. The van der Waals surface area contributed by atoms with Gasteiger partial charge in [0.1, 0.15) is 5.60 Å². The van der Waals surface area contributed by atoms with Crippen molar-refractivity contribution in [2.24, 2.45) is 5.92 Å². The highest BCUT2D eigenvalue weighted by molar-refractivity contribution is 5.70. The van der Waals surface area contributed by atoms with E-state index in [4.69, 9.17) is 9.84 Å². The number of nitrogens with one attached hydrogen (secondary N) is 1. The summed E-state index contributed by atoms with van der Waals surface area (Å²) < 4.78 is 5.05. The van der Waals surface area contributed by atoms with E-state index in [-0.39, 0.29) is 6.04 Å². The molecule has 0 aliphatic carbocycles. The summed E-state index contributed by atoms with van der Waals surface area (Å²) in [6.07, 6.45) is -0.133. The van der Waals surface area contributed by atoms with Gasteiger partial charge in [-0.1, -0.05) is 6.92 Å². The molecule has 94 valence electrons. The Balaban J connectivity index is 4.01. The number of carbonyl (C=O) groups excluding carboxylic acids is 1. The first-order valence-electron chi connectivity index (χ1n) is 5.34. The van der Waals surface area contributed by atoms with Gasteiger partial charge in [0, 0.05) is 6.04 Å². The van der Waals surface area contributed by atoms with Crippen LogP contribution in [0.2, 0.25) is 0 Å². The minimum atomic E-state index is -0.863. The highest BCUT2D eigenvalue weighted by atomic mass is 16.6. The molecule has 16 heavy (non-hydrogen) atoms. The Labute approximate surface area is 96.2 Å². The van der Waals surface area contributed by atoms with Crippen molar-refractivity contribution in [3.63, 3.8) is 0 Å². The van der Waals surface area contributed by atoms with Gasteiger partial charge in [0.05, 0.1) is 5.92 Å². The lowest BCUT2D eigenvalue weighted by molar-refractivity contribution is -0.141. The summed E-state index contributed by atoms with van der Waals surface area (Å²) in [4.78, 5) is 21.9. The summed E-state index contributed by atoms with van der Waals surface area (Å²) in [5.74, 6) is -1.34. The average molecular weight is 231 g/mol. The lowest BCUT2D eigenvalue weighted by atomic mass is 10.0. The van der Waals surface area contributed by atoms with Gasteiger partial charge in [-0.15, -0.1) is 0 Å². The van der Waals surface area contributed by atoms with E-state index in [1.807, 2.05) is 0 Å². The van der Waals surface area contributed by atoms with Gasteiger partial charge in [0.25, 0.3) is 0 Å². The number of aliphatic carboxylic acids is 1. The molecule has 0 rings (SSSR count). The number of carboxylic acid groups (broad SMARTS) is 1. The van der Waals surface area contributed by atoms with Crippen LogP contribution in [0.3, 0.4) is 0 Å². The fraction of sp³-hybridized carbons (Fsp3) is 0.818. The Morgan fingerprint density at radius 3 is 2.19 bits per heavy atom. The van der Waals surface area contributed by atoms with Crippen molar-refractivity contribution in [1.82, 2.24) is 5.32 Å². The van der Waals surface area contributed by atoms with E-state index in [0.29, 0.717) is 6.42 Å². The molecule has 0 spiro atoms. The molecule has 0 unspecified atom stereocenters. The number of rotatable bonds is 4. The molecular formula is C11H21NO4. The zero-order chi connectivity index (χ0) is 12.9. The summed E-state index contributed by atoms with van der Waals surface area (Å²) in [7, 11) is 0. The third-order valence-electron chi connectivity index (χ3n) is 1.89. The molecule has 0 fully saturated rings. The molecule has 0 saturated heterocycles. The quantitative estimate of drug-likeness (QED) is 0.776. The van der Waals surface area contributed by atoms with E-state index in [9.17, 15) is 9.59 Å². The molecule has 0 heterocycles. The maximum Gasteiger partial charge on any atom is 0.407 e. The maximum absolute atomic E-state index is 11.3. The molecule has 0 aromatic heterocycles. The Kier molecular flexibility index (Phi) is 5.27. The molecule has 1 amide bonds. The molecule has 0 aliphatic rings. The smallest absolute Gasteiger partial charge is 0.407 e. The first kappa shape index (κ1) is 14.7. The van der Waals surface area contributed by atoms with Crippen molar-refractivity contribution in [1.29, 1.82) is 0 Å². The normalized spacial score (nSPS) is 15.1. The summed E-state index contributed by atoms with van der Waals surface area (Å²) >= 11 is 0. The van der Waals surface area contributed by atoms with Crippen LogP contribution in [-0.4, -0.2) is 28.8 Å². The molecule has 0 bridgehead atoms. The Morgan fingerprint density at radius 1 is 1.31 bits per heavy atom. The van der Waals surface area contributed by atoms with Gasteiger partial charge in [-0.3, -0.25) is 4.79 Å². The van der Waals surface area contributed by atoms with E-state index >= 15 is 0 Å². The van der Waals surface area contributed by atoms with E-state index in [2.05, 4.69) is 5.32 Å². The third-order valence-corrected chi connectivity index (χ3v) is 1.89. The molecule has 0 radical (unpaired) electrons. The van der Waals surface area contributed by atoms with Crippen molar-refractivity contribution in [3.05, 3.63) is 0 Å². The molecule has 2 N–H and O–H groups in total. The summed E-state index contributed by atoms with van der Waals surface area (Å²) in [5, 5.41) is 11.3. The second kappa shape index (κ2) is 5.72. The number of hydrogen-bond acceptors (Lipinski definition) is 3. The standard InChI is InChI=1S/C11H21NO4/c1-7(9(13)14)6-8(2)12-10(15)16-11(3,4)5/h7-8H,6H2,1-5H3,(H,12,15)(H,13,14)/t7-,8+/m1/s1. The number of ether oxygens (including phenoxy) is 1. The van der Waals surface area contributed by atoms with Crippen LogP contribution in [0.5, 0.6) is 0 Å². The topological polar surface area (TPSA) is 75.6 Å².